The van der Waals surface area contributed by atoms with Crippen LogP contribution in [0, 0.1) is 34.6 Å². The predicted octanol–water partition coefficient (Wildman–Crippen LogP) is 9.56. The lowest BCUT2D eigenvalue weighted by atomic mass is 10.0. The fraction of sp³-hybridized carbons (Fsp3) is 0.306. The zero-order valence-electron chi connectivity index (χ0n) is 24.6. The first-order chi connectivity index (χ1) is 18.7. The Balaban J connectivity index is 1.58. The molecule has 0 radical (unpaired) electrons. The van der Waals surface area contributed by atoms with Crippen LogP contribution < -0.4 is 9.80 Å². The Morgan fingerprint density at radius 3 is 1.51 bits per heavy atom. The summed E-state index contributed by atoms with van der Waals surface area (Å²) in [6.45, 7) is 17.0. The third-order valence-corrected chi connectivity index (χ3v) is 7.33. The lowest BCUT2D eigenvalue weighted by Crippen LogP contribution is -2.20. The molecule has 0 amide bonds. The Hall–Kier alpha value is -3.85. The number of benzene rings is 4. The number of nitrogens with zero attached hydrogens (tertiary/aromatic N) is 2. The normalized spacial score (nSPS) is 10.9. The van der Waals surface area contributed by atoms with Gasteiger partial charge >= 0.3 is 0 Å². The molecule has 0 saturated carbocycles. The molecule has 0 N–H and O–H groups in total. The van der Waals surface area contributed by atoms with Gasteiger partial charge in [0.15, 0.2) is 5.78 Å². The SMILES string of the molecule is CCCN(c1ccc(C(=O)c2ccc(N(CCC)c3c(C)cc(C)cc3C)cc2)cc1)c1ccc(C)cc1C. The average Bonchev–Trinajstić information content (AvgIpc) is 2.91. The molecule has 0 spiro atoms. The van der Waals surface area contributed by atoms with Crippen LogP contribution in [0.15, 0.2) is 78.9 Å². The number of aryl methyl sites for hydroxylation is 5. The Labute approximate surface area is 235 Å². The van der Waals surface area contributed by atoms with Gasteiger partial charge in [-0.25, -0.2) is 0 Å². The van der Waals surface area contributed by atoms with Gasteiger partial charge < -0.3 is 9.80 Å². The van der Waals surface area contributed by atoms with Crippen LogP contribution in [-0.2, 0) is 0 Å². The summed E-state index contributed by atoms with van der Waals surface area (Å²) in [6, 6.07) is 27.2. The summed E-state index contributed by atoms with van der Waals surface area (Å²) in [5, 5.41) is 0. The largest absolute Gasteiger partial charge is 0.341 e. The van der Waals surface area contributed by atoms with Crippen LogP contribution in [0.5, 0.6) is 0 Å². The quantitative estimate of drug-likeness (QED) is 0.195. The molecular weight excluding hydrogens is 476 g/mol. The maximum absolute atomic E-state index is 13.4. The molecule has 202 valence electrons. The van der Waals surface area contributed by atoms with Crippen LogP contribution in [0.3, 0.4) is 0 Å². The highest BCUT2D eigenvalue weighted by atomic mass is 16.1. The molecule has 0 aliphatic carbocycles. The molecule has 0 aliphatic heterocycles. The van der Waals surface area contributed by atoms with Crippen LogP contribution in [0.2, 0.25) is 0 Å². The Bertz CT molecular complexity index is 1410. The maximum atomic E-state index is 13.4. The van der Waals surface area contributed by atoms with E-state index in [4.69, 9.17) is 0 Å². The topological polar surface area (TPSA) is 23.6 Å². The molecule has 0 fully saturated rings. The second-order valence-corrected chi connectivity index (χ2v) is 10.8. The molecular formula is C36H42N2O. The van der Waals surface area contributed by atoms with Gasteiger partial charge in [-0.3, -0.25) is 4.79 Å². The van der Waals surface area contributed by atoms with Crippen molar-refractivity contribution in [2.45, 2.75) is 61.3 Å². The number of carbonyl (C=O) groups is 1. The molecule has 4 aromatic carbocycles. The number of carbonyl (C=O) groups excluding carboxylic acids is 1. The van der Waals surface area contributed by atoms with Gasteiger partial charge in [0.1, 0.15) is 0 Å². The van der Waals surface area contributed by atoms with E-state index >= 15 is 0 Å². The third kappa shape index (κ3) is 6.25. The number of rotatable bonds is 10. The van der Waals surface area contributed by atoms with E-state index in [0.29, 0.717) is 11.1 Å². The fourth-order valence-electron chi connectivity index (χ4n) is 5.66. The van der Waals surface area contributed by atoms with Crippen molar-refractivity contribution >= 4 is 28.5 Å². The first kappa shape index (κ1) is 28.2. The third-order valence-electron chi connectivity index (χ3n) is 7.33. The van der Waals surface area contributed by atoms with Gasteiger partial charge in [-0.15, -0.1) is 0 Å². The van der Waals surface area contributed by atoms with Crippen molar-refractivity contribution in [2.75, 3.05) is 22.9 Å². The maximum Gasteiger partial charge on any atom is 0.193 e. The molecule has 0 heterocycles. The summed E-state index contributed by atoms with van der Waals surface area (Å²) in [5.74, 6) is 0.0476. The summed E-state index contributed by atoms with van der Waals surface area (Å²) in [6.07, 6.45) is 2.08. The van der Waals surface area contributed by atoms with E-state index in [2.05, 4.69) is 113 Å². The molecule has 0 unspecified atom stereocenters. The summed E-state index contributed by atoms with van der Waals surface area (Å²) in [7, 11) is 0. The van der Waals surface area contributed by atoms with Gasteiger partial charge in [-0.1, -0.05) is 49.2 Å². The molecule has 0 bridgehead atoms. The van der Waals surface area contributed by atoms with Gasteiger partial charge in [0.2, 0.25) is 0 Å². The van der Waals surface area contributed by atoms with Crippen LogP contribution in [0.25, 0.3) is 0 Å². The molecule has 4 aromatic rings. The Kier molecular flexibility index (Phi) is 8.91. The van der Waals surface area contributed by atoms with Gasteiger partial charge in [0.25, 0.3) is 0 Å². The zero-order valence-corrected chi connectivity index (χ0v) is 24.6. The summed E-state index contributed by atoms with van der Waals surface area (Å²) >= 11 is 0. The van der Waals surface area contributed by atoms with Crippen molar-refractivity contribution < 1.29 is 4.79 Å². The molecule has 0 aliphatic rings. The van der Waals surface area contributed by atoms with Crippen LogP contribution >= 0.6 is 0 Å². The zero-order chi connectivity index (χ0) is 28.1. The van der Waals surface area contributed by atoms with Gasteiger partial charge in [0.05, 0.1) is 0 Å². The minimum Gasteiger partial charge on any atom is -0.341 e. The van der Waals surface area contributed by atoms with E-state index in [1.807, 2.05) is 24.3 Å². The molecule has 39 heavy (non-hydrogen) atoms. The van der Waals surface area contributed by atoms with Gasteiger partial charge in [-0.2, -0.15) is 0 Å². The van der Waals surface area contributed by atoms with E-state index < -0.39 is 0 Å². The van der Waals surface area contributed by atoms with Gasteiger partial charge in [0, 0.05) is 47.0 Å². The molecule has 3 heteroatoms. The lowest BCUT2D eigenvalue weighted by molar-refractivity contribution is 0.103. The molecule has 4 rings (SSSR count). The highest BCUT2D eigenvalue weighted by Gasteiger charge is 2.17. The Morgan fingerprint density at radius 1 is 0.564 bits per heavy atom. The van der Waals surface area contributed by atoms with Gasteiger partial charge in [-0.05, 0) is 119 Å². The van der Waals surface area contributed by atoms with Crippen LogP contribution in [0.4, 0.5) is 22.7 Å². The van der Waals surface area contributed by atoms with Crippen molar-refractivity contribution in [2.24, 2.45) is 0 Å². The second kappa shape index (κ2) is 12.3. The minimum absolute atomic E-state index is 0.0476. The number of anilines is 4. The molecule has 0 saturated heterocycles. The van der Waals surface area contributed by atoms with Crippen LogP contribution in [-0.4, -0.2) is 18.9 Å². The standard InChI is InChI=1S/C36H42N2O/c1-8-20-37(34-19-10-25(3)22-27(34)5)32-15-11-30(12-16-32)36(39)31-13-17-33(18-14-31)38(21-9-2)35-28(6)23-26(4)24-29(35)7/h10-19,22-24H,8-9,20-21H2,1-7H3. The van der Waals surface area contributed by atoms with E-state index in [1.54, 1.807) is 0 Å². The highest BCUT2D eigenvalue weighted by Crippen LogP contribution is 2.34. The first-order valence-electron chi connectivity index (χ1n) is 14.2. The minimum atomic E-state index is 0.0476. The van der Waals surface area contributed by atoms with Crippen molar-refractivity contribution in [3.05, 3.63) is 118 Å². The molecule has 0 atom stereocenters. The highest BCUT2D eigenvalue weighted by molar-refractivity contribution is 6.09. The van der Waals surface area contributed by atoms with Crippen molar-refractivity contribution in [3.8, 4) is 0 Å². The monoisotopic (exact) mass is 518 g/mol. The number of ketones is 1. The smallest absolute Gasteiger partial charge is 0.193 e. The molecule has 3 nitrogen and oxygen atoms in total. The Morgan fingerprint density at radius 2 is 1.03 bits per heavy atom. The summed E-state index contributed by atoms with van der Waals surface area (Å²) in [4.78, 5) is 18.1. The van der Waals surface area contributed by atoms with E-state index in [9.17, 15) is 4.79 Å². The second-order valence-electron chi connectivity index (χ2n) is 10.8. The number of hydrogen-bond acceptors (Lipinski definition) is 3. The average molecular weight is 519 g/mol. The lowest BCUT2D eigenvalue weighted by Gasteiger charge is -2.28. The van der Waals surface area contributed by atoms with E-state index in [1.165, 1.54) is 39.2 Å². The van der Waals surface area contributed by atoms with Crippen molar-refractivity contribution in [1.82, 2.24) is 0 Å². The van der Waals surface area contributed by atoms with Crippen LogP contribution in [0.1, 0.15) is 70.4 Å². The molecule has 0 aromatic heterocycles. The van der Waals surface area contributed by atoms with E-state index in [0.717, 1.165) is 37.3 Å². The van der Waals surface area contributed by atoms with E-state index in [-0.39, 0.29) is 5.78 Å². The predicted molar refractivity (Wildman–Crippen MR) is 167 cm³/mol. The first-order valence-corrected chi connectivity index (χ1v) is 14.2. The summed E-state index contributed by atoms with van der Waals surface area (Å²) in [5.41, 5.74) is 12.5. The van der Waals surface area contributed by atoms with Crippen molar-refractivity contribution in [1.29, 1.82) is 0 Å². The fourth-order valence-corrected chi connectivity index (χ4v) is 5.66. The summed E-state index contributed by atoms with van der Waals surface area (Å²) < 4.78 is 0. The van der Waals surface area contributed by atoms with Crippen molar-refractivity contribution in [3.63, 3.8) is 0 Å². The number of hydrogen-bond donors (Lipinski definition) is 0.